The van der Waals surface area contributed by atoms with Crippen LogP contribution >= 0.6 is 0 Å². The molecule has 0 aliphatic heterocycles. The van der Waals surface area contributed by atoms with E-state index in [1.54, 1.807) is 13.8 Å². The van der Waals surface area contributed by atoms with E-state index >= 15 is 26.3 Å². The molecule has 0 bridgehead atoms. The van der Waals surface area contributed by atoms with E-state index in [9.17, 15) is 16.8 Å². The Kier molecular flexibility index (Phi) is 9.30. The summed E-state index contributed by atoms with van der Waals surface area (Å²) >= 11 is 0. The minimum absolute atomic E-state index is 0.261. The summed E-state index contributed by atoms with van der Waals surface area (Å²) in [5, 5.41) is 0. The average molecular weight is 701 g/mol. The highest BCUT2D eigenvalue weighted by Gasteiger charge is 2.72. The molecule has 0 aromatic heterocycles. The number of halogens is 6. The van der Waals surface area contributed by atoms with Gasteiger partial charge in [-0.25, -0.2) is 0 Å². The molecule has 4 rings (SSSR count). The first-order valence-corrected chi connectivity index (χ1v) is 16.7. The van der Waals surface area contributed by atoms with Crippen LogP contribution in [0.3, 0.4) is 0 Å². The first kappa shape index (κ1) is 35.8. The zero-order valence-electron chi connectivity index (χ0n) is 26.0. The molecule has 0 heterocycles. The molecule has 0 N–H and O–H groups in total. The SMILES string of the molecule is Cc1ccc(S(=O)(=O)Oc2c(C)cc(C(c3cc(C)c(OS(=O)(=O)c4ccc(C)cc4)c(C)c3)(C(F)(F)F)C(F)(F)F)cc2C)cc1. The zero-order valence-corrected chi connectivity index (χ0v) is 27.6. The zero-order chi connectivity index (χ0) is 35.3. The quantitative estimate of drug-likeness (QED) is 0.135. The second-order valence-electron chi connectivity index (χ2n) is 11.3. The Morgan fingerprint density at radius 2 is 0.723 bits per heavy atom. The van der Waals surface area contributed by atoms with Crippen molar-refractivity contribution in [2.24, 2.45) is 0 Å². The third kappa shape index (κ3) is 6.71. The molecule has 14 heteroatoms. The van der Waals surface area contributed by atoms with Crippen LogP contribution in [0.5, 0.6) is 11.5 Å². The third-order valence-corrected chi connectivity index (χ3v) is 10.1. The van der Waals surface area contributed by atoms with E-state index in [1.165, 1.54) is 48.5 Å². The monoisotopic (exact) mass is 700 g/mol. The fraction of sp³-hybridized carbons (Fsp3) is 0.273. The van der Waals surface area contributed by atoms with Crippen LogP contribution in [0.15, 0.2) is 82.6 Å². The molecule has 0 saturated heterocycles. The third-order valence-electron chi connectivity index (χ3n) is 7.64. The molecule has 0 fully saturated rings. The molecule has 0 aliphatic carbocycles. The lowest BCUT2D eigenvalue weighted by Gasteiger charge is -2.39. The van der Waals surface area contributed by atoms with Crippen molar-refractivity contribution in [3.8, 4) is 11.5 Å². The van der Waals surface area contributed by atoms with Gasteiger partial charge in [0, 0.05) is 0 Å². The highest BCUT2D eigenvalue weighted by atomic mass is 32.2. The molecule has 0 spiro atoms. The van der Waals surface area contributed by atoms with Crippen LogP contribution in [0.25, 0.3) is 0 Å². The molecule has 252 valence electrons. The number of hydrogen-bond acceptors (Lipinski definition) is 6. The lowest BCUT2D eigenvalue weighted by atomic mass is 9.71. The van der Waals surface area contributed by atoms with Gasteiger partial charge in [0.05, 0.1) is 0 Å². The Balaban J connectivity index is 1.88. The number of rotatable bonds is 8. The lowest BCUT2D eigenvalue weighted by molar-refractivity contribution is -0.288. The van der Waals surface area contributed by atoms with Gasteiger partial charge < -0.3 is 8.37 Å². The highest BCUT2D eigenvalue weighted by molar-refractivity contribution is 7.87. The molecule has 4 aromatic carbocycles. The van der Waals surface area contributed by atoms with E-state index in [4.69, 9.17) is 8.37 Å². The summed E-state index contributed by atoms with van der Waals surface area (Å²) < 4.78 is 152. The minimum atomic E-state index is -5.98. The number of benzene rings is 4. The molecule has 0 aliphatic rings. The van der Waals surface area contributed by atoms with Crippen molar-refractivity contribution in [1.29, 1.82) is 0 Å². The maximum absolute atomic E-state index is 15.0. The van der Waals surface area contributed by atoms with Crippen LogP contribution in [-0.2, 0) is 25.7 Å². The molecule has 0 amide bonds. The maximum Gasteiger partial charge on any atom is 0.411 e. The van der Waals surface area contributed by atoms with Crippen molar-refractivity contribution in [2.75, 3.05) is 0 Å². The molecule has 0 unspecified atom stereocenters. The summed E-state index contributed by atoms with van der Waals surface area (Å²) in [6, 6.07) is 13.4. The van der Waals surface area contributed by atoms with E-state index in [0.717, 1.165) is 38.8 Å². The van der Waals surface area contributed by atoms with Gasteiger partial charge >= 0.3 is 32.6 Å². The van der Waals surface area contributed by atoms with Gasteiger partial charge in [-0.15, -0.1) is 0 Å². The van der Waals surface area contributed by atoms with E-state index in [2.05, 4.69) is 0 Å². The largest absolute Gasteiger partial charge is 0.411 e. The van der Waals surface area contributed by atoms with Crippen LogP contribution in [0.1, 0.15) is 44.5 Å². The maximum atomic E-state index is 15.0. The molecule has 6 nitrogen and oxygen atoms in total. The Bertz CT molecular complexity index is 1840. The smallest absolute Gasteiger partial charge is 0.378 e. The van der Waals surface area contributed by atoms with E-state index in [-0.39, 0.29) is 32.0 Å². The summed E-state index contributed by atoms with van der Waals surface area (Å²) in [6.07, 6.45) is -12.0. The van der Waals surface area contributed by atoms with Crippen molar-refractivity contribution in [3.05, 3.63) is 117 Å². The summed E-state index contributed by atoms with van der Waals surface area (Å²) in [6.45, 7) is 7.98. The van der Waals surface area contributed by atoms with Gasteiger partial charge in [-0.1, -0.05) is 59.7 Å². The second kappa shape index (κ2) is 12.2. The van der Waals surface area contributed by atoms with Gasteiger partial charge in [-0.2, -0.15) is 43.2 Å². The van der Waals surface area contributed by atoms with Crippen LogP contribution in [0.2, 0.25) is 0 Å². The molecule has 0 saturated carbocycles. The lowest BCUT2D eigenvalue weighted by Crippen LogP contribution is -2.55. The Labute approximate surface area is 269 Å². The predicted octanol–water partition coefficient (Wildman–Crippen LogP) is 8.48. The van der Waals surface area contributed by atoms with Crippen LogP contribution in [0.4, 0.5) is 26.3 Å². The second-order valence-corrected chi connectivity index (χ2v) is 14.4. The van der Waals surface area contributed by atoms with E-state index in [0.29, 0.717) is 24.3 Å². The molecule has 47 heavy (non-hydrogen) atoms. The predicted molar refractivity (Wildman–Crippen MR) is 163 cm³/mol. The Morgan fingerprint density at radius 3 is 0.957 bits per heavy atom. The fourth-order valence-corrected chi connectivity index (χ4v) is 7.40. The number of hydrogen-bond donors (Lipinski definition) is 0. The number of aryl methyl sites for hydroxylation is 6. The molecule has 4 aromatic rings. The average Bonchev–Trinajstić information content (AvgIpc) is 2.92. The van der Waals surface area contributed by atoms with E-state index < -0.39 is 60.6 Å². The standard InChI is InChI=1S/C33H30F6O6S2/c1-19-7-11-27(12-8-19)46(40,41)44-29-21(3)15-25(16-22(29)4)31(32(34,35)36,33(37,38)39)26-17-23(5)30(24(6)18-26)45-47(42,43)28-13-9-20(2)10-14-28/h7-18H,1-6H3. The van der Waals surface area contributed by atoms with Crippen LogP contribution in [0, 0.1) is 41.5 Å². The normalized spacial score (nSPS) is 13.0. The molecule has 0 atom stereocenters. The van der Waals surface area contributed by atoms with Crippen molar-refractivity contribution in [1.82, 2.24) is 0 Å². The summed E-state index contributed by atoms with van der Waals surface area (Å²) in [4.78, 5) is -0.521. The minimum Gasteiger partial charge on any atom is -0.378 e. The van der Waals surface area contributed by atoms with Crippen molar-refractivity contribution < 1.29 is 51.5 Å². The van der Waals surface area contributed by atoms with Gasteiger partial charge in [0.25, 0.3) is 0 Å². The number of alkyl halides is 6. The van der Waals surface area contributed by atoms with Gasteiger partial charge in [-0.3, -0.25) is 0 Å². The summed E-state index contributed by atoms with van der Waals surface area (Å²) in [5.41, 5.74) is -6.81. The van der Waals surface area contributed by atoms with Gasteiger partial charge in [0.2, 0.25) is 5.41 Å². The summed E-state index contributed by atoms with van der Waals surface area (Å²) in [7, 11) is -8.99. The first-order chi connectivity index (χ1) is 21.5. The highest BCUT2D eigenvalue weighted by Crippen LogP contribution is 2.57. The van der Waals surface area contributed by atoms with Crippen molar-refractivity contribution >= 4 is 20.2 Å². The van der Waals surface area contributed by atoms with E-state index in [1.807, 2.05) is 0 Å². The Morgan fingerprint density at radius 1 is 0.468 bits per heavy atom. The topological polar surface area (TPSA) is 86.7 Å². The van der Waals surface area contributed by atoms with Gasteiger partial charge in [0.15, 0.2) is 0 Å². The molecular formula is C33H30F6O6S2. The first-order valence-electron chi connectivity index (χ1n) is 13.9. The Hall–Kier alpha value is -4.04. The van der Waals surface area contributed by atoms with Crippen LogP contribution < -0.4 is 8.37 Å². The molecular weight excluding hydrogens is 670 g/mol. The van der Waals surface area contributed by atoms with Gasteiger partial charge in [-0.05, 0) is 99.2 Å². The van der Waals surface area contributed by atoms with Crippen LogP contribution in [-0.4, -0.2) is 29.2 Å². The van der Waals surface area contributed by atoms with Crippen molar-refractivity contribution in [2.45, 2.75) is 69.1 Å². The van der Waals surface area contributed by atoms with Gasteiger partial charge in [0.1, 0.15) is 21.3 Å². The summed E-state index contributed by atoms with van der Waals surface area (Å²) in [5.74, 6) is -0.852. The fourth-order valence-electron chi connectivity index (χ4n) is 5.30. The molecule has 0 radical (unpaired) electrons. The van der Waals surface area contributed by atoms with Crippen molar-refractivity contribution in [3.63, 3.8) is 0 Å².